The van der Waals surface area contributed by atoms with E-state index >= 15 is 0 Å². The minimum atomic E-state index is -0.474. The van der Waals surface area contributed by atoms with E-state index in [-0.39, 0.29) is 11.7 Å². The fourth-order valence-electron chi connectivity index (χ4n) is 2.33. The number of aldehydes is 1. The number of hydrogen-bond donors (Lipinski definition) is 2. The molecule has 0 saturated carbocycles. The Hall–Kier alpha value is -2.37. The summed E-state index contributed by atoms with van der Waals surface area (Å²) in [6.45, 7) is 0. The number of carbonyl (C=O) groups excluding carboxylic acids is 2. The molecule has 1 aromatic carbocycles. The predicted octanol–water partition coefficient (Wildman–Crippen LogP) is 1.09. The summed E-state index contributed by atoms with van der Waals surface area (Å²) < 4.78 is 1.63. The average molecular weight is 275 g/mol. The van der Waals surface area contributed by atoms with Crippen molar-refractivity contribution in [2.45, 2.75) is 18.8 Å². The maximum absolute atomic E-state index is 12.0. The van der Waals surface area contributed by atoms with Crippen LogP contribution in [0.2, 0.25) is 0 Å². The van der Waals surface area contributed by atoms with Crippen LogP contribution in [-0.2, 0) is 16.6 Å². The van der Waals surface area contributed by atoms with E-state index in [1.807, 2.05) is 0 Å². The lowest BCUT2D eigenvalue weighted by atomic mass is 9.96. The van der Waals surface area contributed by atoms with E-state index in [4.69, 9.17) is 0 Å². The van der Waals surface area contributed by atoms with E-state index in [2.05, 4.69) is 10.4 Å². The smallest absolute Gasteiger partial charge is 0.228 e. The number of nitrogens with one attached hydrogen (secondary N) is 1. The number of phenols is 1. The summed E-state index contributed by atoms with van der Waals surface area (Å²) in [6.07, 6.45) is 1.51. The molecule has 0 saturated heterocycles. The number of benzene rings is 1. The van der Waals surface area contributed by atoms with Gasteiger partial charge in [0.2, 0.25) is 5.91 Å². The molecule has 0 spiro atoms. The fraction of sp³-hybridized carbons (Fsp3) is 0.357. The van der Waals surface area contributed by atoms with Crippen LogP contribution in [0.5, 0.6) is 5.75 Å². The number of phenolic OH excluding ortho intramolecular Hbond substituents is 1. The second-order valence-electron chi connectivity index (χ2n) is 4.62. The van der Waals surface area contributed by atoms with Crippen molar-refractivity contribution in [3.05, 3.63) is 23.9 Å². The largest absolute Gasteiger partial charge is 0.508 e. The fourth-order valence-corrected chi connectivity index (χ4v) is 2.33. The number of likely N-dealkylation sites (N-methyl/N-ethyl adjacent to an activating group) is 1. The molecule has 1 amide bonds. The molecule has 0 radical (unpaired) electrons. The zero-order chi connectivity index (χ0) is 14.7. The quantitative estimate of drug-likeness (QED) is 0.800. The van der Waals surface area contributed by atoms with E-state index < -0.39 is 5.92 Å². The van der Waals surface area contributed by atoms with Crippen molar-refractivity contribution in [3.63, 3.8) is 0 Å². The molecule has 106 valence electrons. The van der Waals surface area contributed by atoms with Crippen LogP contribution in [0.15, 0.2) is 18.2 Å². The second-order valence-corrected chi connectivity index (χ2v) is 4.62. The predicted molar refractivity (Wildman–Crippen MR) is 74.5 cm³/mol. The molecule has 2 aromatic rings. The molecule has 0 bridgehead atoms. The van der Waals surface area contributed by atoms with Crippen molar-refractivity contribution in [1.82, 2.24) is 15.1 Å². The van der Waals surface area contributed by atoms with E-state index in [0.717, 1.165) is 17.2 Å². The molecule has 1 heterocycles. The lowest BCUT2D eigenvalue weighted by Crippen LogP contribution is -2.26. The number of aryl methyl sites for hydroxylation is 1. The van der Waals surface area contributed by atoms with Crippen molar-refractivity contribution in [1.29, 1.82) is 0 Å². The van der Waals surface area contributed by atoms with Gasteiger partial charge in [0.05, 0.1) is 17.1 Å². The number of amides is 1. The summed E-state index contributed by atoms with van der Waals surface area (Å²) in [5.74, 6) is -0.491. The monoisotopic (exact) mass is 275 g/mol. The Morgan fingerprint density at radius 1 is 1.55 bits per heavy atom. The van der Waals surface area contributed by atoms with Crippen molar-refractivity contribution in [2.24, 2.45) is 7.05 Å². The molecule has 2 rings (SSSR count). The molecule has 1 atom stereocenters. The Kier molecular flexibility index (Phi) is 4.02. The van der Waals surface area contributed by atoms with Gasteiger partial charge in [0.25, 0.3) is 0 Å². The maximum atomic E-state index is 12.0. The normalized spacial score (nSPS) is 12.3. The number of nitrogens with zero attached hydrogens (tertiary/aromatic N) is 2. The Morgan fingerprint density at radius 3 is 2.95 bits per heavy atom. The Bertz CT molecular complexity index is 648. The Balaban J connectivity index is 2.52. The molecule has 20 heavy (non-hydrogen) atoms. The lowest BCUT2D eigenvalue weighted by molar-refractivity contribution is -0.122. The van der Waals surface area contributed by atoms with Gasteiger partial charge in [0.1, 0.15) is 12.0 Å². The Labute approximate surface area is 116 Å². The van der Waals surface area contributed by atoms with Crippen molar-refractivity contribution in [2.75, 3.05) is 7.05 Å². The van der Waals surface area contributed by atoms with Crippen LogP contribution in [-0.4, -0.2) is 34.1 Å². The SMILES string of the molecule is CNC(=O)C(CCC=O)c1nn(C)c2cc(O)ccc12. The van der Waals surface area contributed by atoms with Gasteiger partial charge in [-0.15, -0.1) is 0 Å². The van der Waals surface area contributed by atoms with Crippen molar-refractivity contribution >= 4 is 23.1 Å². The standard InChI is InChI=1S/C14H17N3O3/c1-15-14(20)11(4-3-7-18)13-10-6-5-9(19)8-12(10)17(2)16-13/h5-8,11,19H,3-4H2,1-2H3,(H,15,20). The molecule has 0 aliphatic carbocycles. The summed E-state index contributed by atoms with van der Waals surface area (Å²) in [5.41, 5.74) is 1.38. The van der Waals surface area contributed by atoms with E-state index in [9.17, 15) is 14.7 Å². The third-order valence-electron chi connectivity index (χ3n) is 3.33. The van der Waals surface area contributed by atoms with E-state index in [0.29, 0.717) is 18.5 Å². The maximum Gasteiger partial charge on any atom is 0.228 e. The molecule has 0 aliphatic heterocycles. The number of fused-ring (bicyclic) bond motifs is 1. The number of aromatic nitrogens is 2. The highest BCUT2D eigenvalue weighted by Crippen LogP contribution is 2.29. The van der Waals surface area contributed by atoms with Crippen molar-refractivity contribution < 1.29 is 14.7 Å². The topological polar surface area (TPSA) is 84.2 Å². The van der Waals surface area contributed by atoms with Gasteiger partial charge in [-0.25, -0.2) is 0 Å². The van der Waals surface area contributed by atoms with Gasteiger partial charge in [-0.3, -0.25) is 9.48 Å². The van der Waals surface area contributed by atoms with E-state index in [1.54, 1.807) is 37.0 Å². The van der Waals surface area contributed by atoms with Crippen LogP contribution in [0.4, 0.5) is 0 Å². The van der Waals surface area contributed by atoms with Crippen LogP contribution in [0.3, 0.4) is 0 Å². The number of carbonyl (C=O) groups is 2. The third kappa shape index (κ3) is 2.49. The first-order chi connectivity index (χ1) is 9.58. The van der Waals surface area contributed by atoms with Gasteiger partial charge in [-0.1, -0.05) is 0 Å². The van der Waals surface area contributed by atoms with Crippen LogP contribution >= 0.6 is 0 Å². The number of aromatic hydroxyl groups is 1. The summed E-state index contributed by atoms with van der Waals surface area (Å²) in [6, 6.07) is 4.91. The summed E-state index contributed by atoms with van der Waals surface area (Å²) >= 11 is 0. The van der Waals surface area contributed by atoms with Gasteiger partial charge in [0, 0.05) is 32.0 Å². The zero-order valence-electron chi connectivity index (χ0n) is 11.5. The lowest BCUT2D eigenvalue weighted by Gasteiger charge is -2.12. The Morgan fingerprint density at radius 2 is 2.30 bits per heavy atom. The number of hydrogen-bond acceptors (Lipinski definition) is 4. The van der Waals surface area contributed by atoms with Crippen molar-refractivity contribution in [3.8, 4) is 5.75 Å². The highest BCUT2D eigenvalue weighted by Gasteiger charge is 2.25. The highest BCUT2D eigenvalue weighted by atomic mass is 16.3. The first-order valence-corrected chi connectivity index (χ1v) is 6.39. The van der Waals surface area contributed by atoms with Gasteiger partial charge < -0.3 is 15.2 Å². The molecule has 1 unspecified atom stereocenters. The van der Waals surface area contributed by atoms with Gasteiger partial charge in [-0.2, -0.15) is 5.10 Å². The zero-order valence-corrected chi connectivity index (χ0v) is 11.5. The van der Waals surface area contributed by atoms with Gasteiger partial charge in [0.15, 0.2) is 0 Å². The van der Waals surface area contributed by atoms with Gasteiger partial charge >= 0.3 is 0 Å². The molecule has 6 heteroatoms. The molecule has 2 N–H and O–H groups in total. The number of rotatable bonds is 5. The summed E-state index contributed by atoms with van der Waals surface area (Å²) in [5, 5.41) is 17.3. The third-order valence-corrected chi connectivity index (χ3v) is 3.33. The van der Waals surface area contributed by atoms with Crippen LogP contribution in [0, 0.1) is 0 Å². The van der Waals surface area contributed by atoms with Gasteiger partial charge in [-0.05, 0) is 18.6 Å². The molecular weight excluding hydrogens is 258 g/mol. The van der Waals surface area contributed by atoms with E-state index in [1.165, 1.54) is 0 Å². The first-order valence-electron chi connectivity index (χ1n) is 6.39. The van der Waals surface area contributed by atoms with Crippen LogP contribution in [0.1, 0.15) is 24.5 Å². The minimum absolute atomic E-state index is 0.149. The van der Waals surface area contributed by atoms with Crippen LogP contribution < -0.4 is 5.32 Å². The minimum Gasteiger partial charge on any atom is -0.508 e. The second kappa shape index (κ2) is 5.73. The first kappa shape index (κ1) is 14.0. The molecular formula is C14H17N3O3. The molecule has 0 fully saturated rings. The summed E-state index contributed by atoms with van der Waals surface area (Å²) in [7, 11) is 3.32. The molecule has 6 nitrogen and oxygen atoms in total. The molecule has 1 aromatic heterocycles. The van der Waals surface area contributed by atoms with Crippen LogP contribution in [0.25, 0.3) is 10.9 Å². The average Bonchev–Trinajstić information content (AvgIpc) is 2.76. The highest BCUT2D eigenvalue weighted by molar-refractivity contribution is 5.91. The summed E-state index contributed by atoms with van der Waals surface area (Å²) in [4.78, 5) is 22.6. The molecule has 0 aliphatic rings.